The lowest BCUT2D eigenvalue weighted by molar-refractivity contribution is -0.137. The van der Waals surface area contributed by atoms with Crippen LogP contribution in [0.15, 0.2) is 48.5 Å². The van der Waals surface area contributed by atoms with E-state index in [9.17, 15) is 18.0 Å². The van der Waals surface area contributed by atoms with Crippen LogP contribution >= 0.6 is 0 Å². The molecule has 0 aliphatic carbocycles. The maximum Gasteiger partial charge on any atom is 0.416 e. The minimum atomic E-state index is -4.40. The van der Waals surface area contributed by atoms with Gasteiger partial charge in [-0.05, 0) is 42.3 Å². The van der Waals surface area contributed by atoms with Gasteiger partial charge in [0.1, 0.15) is 0 Å². The SMILES string of the molecule is CCc1ccccc1NC(=O)c1ccc(C(F)(F)F)cc1. The van der Waals surface area contributed by atoms with Crippen molar-refractivity contribution >= 4 is 11.6 Å². The number of hydrogen-bond acceptors (Lipinski definition) is 1. The van der Waals surface area contributed by atoms with Crippen LogP contribution in [0.2, 0.25) is 0 Å². The molecule has 2 rings (SSSR count). The van der Waals surface area contributed by atoms with Gasteiger partial charge in [0.05, 0.1) is 5.56 Å². The number of nitrogens with one attached hydrogen (secondary N) is 1. The average Bonchev–Trinajstić information content (AvgIpc) is 2.47. The van der Waals surface area contributed by atoms with Crippen molar-refractivity contribution < 1.29 is 18.0 Å². The molecule has 2 aromatic rings. The Morgan fingerprint density at radius 1 is 1.05 bits per heavy atom. The lowest BCUT2D eigenvalue weighted by atomic mass is 10.1. The molecule has 0 aliphatic rings. The van der Waals surface area contributed by atoms with Crippen molar-refractivity contribution in [3.05, 3.63) is 65.2 Å². The van der Waals surface area contributed by atoms with E-state index in [4.69, 9.17) is 0 Å². The molecular weight excluding hydrogens is 279 g/mol. The highest BCUT2D eigenvalue weighted by Gasteiger charge is 2.30. The molecule has 1 amide bonds. The number of halogens is 3. The summed E-state index contributed by atoms with van der Waals surface area (Å²) in [4.78, 5) is 12.1. The molecule has 0 radical (unpaired) electrons. The minimum Gasteiger partial charge on any atom is -0.322 e. The van der Waals surface area contributed by atoms with Gasteiger partial charge < -0.3 is 5.32 Å². The van der Waals surface area contributed by atoms with Gasteiger partial charge in [0.2, 0.25) is 0 Å². The maximum absolute atomic E-state index is 12.5. The molecule has 1 N–H and O–H groups in total. The number of carbonyl (C=O) groups is 1. The van der Waals surface area contributed by atoms with Gasteiger partial charge in [0.25, 0.3) is 5.91 Å². The van der Waals surface area contributed by atoms with Crippen LogP contribution in [0.5, 0.6) is 0 Å². The van der Waals surface area contributed by atoms with Crippen LogP contribution in [0.1, 0.15) is 28.4 Å². The van der Waals surface area contributed by atoms with Crippen molar-refractivity contribution in [2.45, 2.75) is 19.5 Å². The molecule has 0 atom stereocenters. The van der Waals surface area contributed by atoms with Crippen LogP contribution in [-0.4, -0.2) is 5.91 Å². The van der Waals surface area contributed by atoms with E-state index >= 15 is 0 Å². The predicted octanol–water partition coefficient (Wildman–Crippen LogP) is 4.52. The van der Waals surface area contributed by atoms with Crippen molar-refractivity contribution in [1.82, 2.24) is 0 Å². The third kappa shape index (κ3) is 3.62. The second kappa shape index (κ2) is 5.99. The molecule has 0 bridgehead atoms. The van der Waals surface area contributed by atoms with E-state index in [2.05, 4.69) is 5.32 Å². The summed E-state index contributed by atoms with van der Waals surface area (Å²) < 4.78 is 37.4. The van der Waals surface area contributed by atoms with Gasteiger partial charge in [-0.15, -0.1) is 0 Å². The van der Waals surface area contributed by atoms with Crippen molar-refractivity contribution in [1.29, 1.82) is 0 Å². The Bertz CT molecular complexity index is 633. The quantitative estimate of drug-likeness (QED) is 0.885. The lowest BCUT2D eigenvalue weighted by Crippen LogP contribution is -2.14. The van der Waals surface area contributed by atoms with Gasteiger partial charge in [0.15, 0.2) is 0 Å². The van der Waals surface area contributed by atoms with Crippen molar-refractivity contribution in [3.8, 4) is 0 Å². The molecule has 0 spiro atoms. The van der Waals surface area contributed by atoms with Crippen molar-refractivity contribution in [2.75, 3.05) is 5.32 Å². The third-order valence-corrected chi connectivity index (χ3v) is 3.12. The Balaban J connectivity index is 2.17. The van der Waals surface area contributed by atoms with E-state index in [1.54, 1.807) is 12.1 Å². The summed E-state index contributed by atoms with van der Waals surface area (Å²) in [6.07, 6.45) is -3.65. The molecule has 21 heavy (non-hydrogen) atoms. The molecule has 0 saturated heterocycles. The molecule has 0 heterocycles. The van der Waals surface area contributed by atoms with Crippen LogP contribution in [0.3, 0.4) is 0 Å². The molecule has 0 aromatic heterocycles. The van der Waals surface area contributed by atoms with E-state index in [0.717, 1.165) is 24.1 Å². The molecule has 2 nitrogen and oxygen atoms in total. The van der Waals surface area contributed by atoms with Crippen molar-refractivity contribution in [2.24, 2.45) is 0 Å². The zero-order chi connectivity index (χ0) is 15.5. The van der Waals surface area contributed by atoms with E-state index in [1.165, 1.54) is 12.1 Å². The summed E-state index contributed by atoms with van der Waals surface area (Å²) in [5.41, 5.74) is 1.06. The first kappa shape index (κ1) is 15.1. The van der Waals surface area contributed by atoms with Crippen LogP contribution < -0.4 is 5.32 Å². The number of anilines is 1. The van der Waals surface area contributed by atoms with Crippen LogP contribution in [-0.2, 0) is 12.6 Å². The van der Waals surface area contributed by atoms with Gasteiger partial charge in [0, 0.05) is 11.3 Å². The van der Waals surface area contributed by atoms with E-state index in [0.29, 0.717) is 5.69 Å². The topological polar surface area (TPSA) is 29.1 Å². The number of rotatable bonds is 3. The van der Waals surface area contributed by atoms with Gasteiger partial charge in [-0.3, -0.25) is 4.79 Å². The summed E-state index contributed by atoms with van der Waals surface area (Å²) in [6, 6.07) is 11.5. The number of alkyl halides is 3. The number of carbonyl (C=O) groups excluding carboxylic acids is 1. The number of para-hydroxylation sites is 1. The molecule has 2 aromatic carbocycles. The zero-order valence-corrected chi connectivity index (χ0v) is 11.4. The fourth-order valence-electron chi connectivity index (χ4n) is 1.96. The molecule has 0 unspecified atom stereocenters. The standard InChI is InChI=1S/C16H14F3NO/c1-2-11-5-3-4-6-14(11)20-15(21)12-7-9-13(10-8-12)16(17,18)19/h3-10H,2H2,1H3,(H,20,21). The predicted molar refractivity (Wildman–Crippen MR) is 75.2 cm³/mol. The Kier molecular flexibility index (Phi) is 4.31. The van der Waals surface area contributed by atoms with E-state index in [1.807, 2.05) is 19.1 Å². The zero-order valence-electron chi connectivity index (χ0n) is 11.4. The van der Waals surface area contributed by atoms with Gasteiger partial charge in [-0.25, -0.2) is 0 Å². The summed E-state index contributed by atoms with van der Waals surface area (Å²) in [6.45, 7) is 1.96. The fraction of sp³-hybridized carbons (Fsp3) is 0.188. The highest BCUT2D eigenvalue weighted by molar-refractivity contribution is 6.04. The monoisotopic (exact) mass is 293 g/mol. The van der Waals surface area contributed by atoms with Crippen molar-refractivity contribution in [3.63, 3.8) is 0 Å². The van der Waals surface area contributed by atoms with Crippen LogP contribution in [0, 0.1) is 0 Å². The highest BCUT2D eigenvalue weighted by Crippen LogP contribution is 2.29. The first-order chi connectivity index (χ1) is 9.91. The molecule has 5 heteroatoms. The Labute approximate surface area is 120 Å². The number of amides is 1. The Morgan fingerprint density at radius 3 is 2.24 bits per heavy atom. The van der Waals surface area contributed by atoms with E-state index in [-0.39, 0.29) is 5.56 Å². The maximum atomic E-state index is 12.5. The molecule has 0 saturated carbocycles. The number of hydrogen-bond donors (Lipinski definition) is 1. The minimum absolute atomic E-state index is 0.189. The number of benzene rings is 2. The third-order valence-electron chi connectivity index (χ3n) is 3.12. The largest absolute Gasteiger partial charge is 0.416 e. The first-order valence-electron chi connectivity index (χ1n) is 6.48. The van der Waals surface area contributed by atoms with Crippen LogP contribution in [0.4, 0.5) is 18.9 Å². The fourth-order valence-corrected chi connectivity index (χ4v) is 1.96. The van der Waals surface area contributed by atoms with Gasteiger partial charge in [-0.1, -0.05) is 25.1 Å². The highest BCUT2D eigenvalue weighted by atomic mass is 19.4. The smallest absolute Gasteiger partial charge is 0.322 e. The summed E-state index contributed by atoms with van der Waals surface area (Å²) in [7, 11) is 0. The van der Waals surface area contributed by atoms with E-state index < -0.39 is 17.6 Å². The van der Waals surface area contributed by atoms with Gasteiger partial charge >= 0.3 is 6.18 Å². The molecule has 0 aliphatic heterocycles. The normalized spacial score (nSPS) is 11.2. The molecule has 110 valence electrons. The van der Waals surface area contributed by atoms with Crippen LogP contribution in [0.25, 0.3) is 0 Å². The average molecular weight is 293 g/mol. The number of aryl methyl sites for hydroxylation is 1. The second-order valence-electron chi connectivity index (χ2n) is 4.54. The summed E-state index contributed by atoms with van der Waals surface area (Å²) >= 11 is 0. The molecular formula is C16H14F3NO. The first-order valence-corrected chi connectivity index (χ1v) is 6.48. The molecule has 0 fully saturated rings. The summed E-state index contributed by atoms with van der Waals surface area (Å²) in [5, 5.41) is 2.72. The Morgan fingerprint density at radius 2 is 1.67 bits per heavy atom. The second-order valence-corrected chi connectivity index (χ2v) is 4.54. The Hall–Kier alpha value is -2.30. The lowest BCUT2D eigenvalue weighted by Gasteiger charge is -2.10. The van der Waals surface area contributed by atoms with Gasteiger partial charge in [-0.2, -0.15) is 13.2 Å². The summed E-state index contributed by atoms with van der Waals surface area (Å²) in [5.74, 6) is -0.426.